The summed E-state index contributed by atoms with van der Waals surface area (Å²) in [7, 11) is 0. The molecule has 1 N–H and O–H groups in total. The maximum Gasteiger partial charge on any atom is 0.250 e. The minimum absolute atomic E-state index is 0.164. The zero-order valence-corrected chi connectivity index (χ0v) is 19.9. The van der Waals surface area contributed by atoms with Gasteiger partial charge in [0.25, 0.3) is 5.91 Å². The van der Waals surface area contributed by atoms with Gasteiger partial charge in [0.1, 0.15) is 0 Å². The first kappa shape index (κ1) is 23.2. The van der Waals surface area contributed by atoms with Gasteiger partial charge in [0.05, 0.1) is 12.0 Å². The molecular formula is C27H25N5OS. The monoisotopic (exact) mass is 467 g/mol. The quantitative estimate of drug-likeness (QED) is 0.210. The highest BCUT2D eigenvalue weighted by molar-refractivity contribution is 7.99. The van der Waals surface area contributed by atoms with Crippen molar-refractivity contribution < 1.29 is 4.79 Å². The summed E-state index contributed by atoms with van der Waals surface area (Å²) in [4.78, 5) is 12.4. The van der Waals surface area contributed by atoms with E-state index in [4.69, 9.17) is 0 Å². The number of hydrazone groups is 1. The zero-order chi connectivity index (χ0) is 23.8. The molecule has 4 aromatic rings. The summed E-state index contributed by atoms with van der Waals surface area (Å²) in [6, 6.07) is 28.0. The third kappa shape index (κ3) is 6.08. The van der Waals surface area contributed by atoms with E-state index in [0.29, 0.717) is 5.16 Å². The number of carbonyl (C=O) groups is 1. The van der Waals surface area contributed by atoms with Crippen LogP contribution in [0.1, 0.15) is 18.1 Å². The number of para-hydroxylation sites is 1. The number of allylic oxidation sites excluding steroid dienone is 1. The van der Waals surface area contributed by atoms with Crippen LogP contribution < -0.4 is 5.43 Å². The number of aryl methyl sites for hydroxylation is 1. The average molecular weight is 468 g/mol. The van der Waals surface area contributed by atoms with E-state index >= 15 is 0 Å². The van der Waals surface area contributed by atoms with Gasteiger partial charge in [-0.2, -0.15) is 5.10 Å². The van der Waals surface area contributed by atoms with E-state index in [1.165, 1.54) is 17.3 Å². The van der Waals surface area contributed by atoms with Crippen LogP contribution in [-0.4, -0.2) is 32.6 Å². The first-order valence-electron chi connectivity index (χ1n) is 10.9. The lowest BCUT2D eigenvalue weighted by Gasteiger charge is -2.10. The zero-order valence-electron chi connectivity index (χ0n) is 19.1. The largest absolute Gasteiger partial charge is 0.272 e. The SMILES string of the molecule is CC(/C=N\NC(=O)CSc1nnc(-c2ccc(C)cc2)n1-c1ccccc1)=C\c1ccccc1. The van der Waals surface area contributed by atoms with E-state index in [1.54, 1.807) is 6.21 Å². The number of carbonyl (C=O) groups excluding carboxylic acids is 1. The highest BCUT2D eigenvalue weighted by Gasteiger charge is 2.17. The second kappa shape index (κ2) is 11.2. The minimum atomic E-state index is -0.215. The molecule has 1 aromatic heterocycles. The van der Waals surface area contributed by atoms with Crippen molar-refractivity contribution in [1.82, 2.24) is 20.2 Å². The molecule has 0 unspecified atom stereocenters. The molecule has 0 spiro atoms. The summed E-state index contributed by atoms with van der Waals surface area (Å²) >= 11 is 1.32. The van der Waals surface area contributed by atoms with Crippen molar-refractivity contribution in [3.8, 4) is 17.1 Å². The Kier molecular flexibility index (Phi) is 7.67. The first-order valence-corrected chi connectivity index (χ1v) is 11.8. The molecule has 0 bridgehead atoms. The standard InChI is InChI=1S/C27H25N5OS/c1-20-13-15-23(16-14-20)26-30-31-27(32(26)24-11-7-4-8-12-24)34-19-25(33)29-28-18-21(2)17-22-9-5-3-6-10-22/h3-18H,19H2,1-2H3,(H,29,33)/b21-17+,28-18-. The van der Waals surface area contributed by atoms with Gasteiger partial charge in [0.15, 0.2) is 11.0 Å². The lowest BCUT2D eigenvalue weighted by molar-refractivity contribution is -0.118. The smallest absolute Gasteiger partial charge is 0.250 e. The number of hydrogen-bond donors (Lipinski definition) is 1. The van der Waals surface area contributed by atoms with Gasteiger partial charge in [0.2, 0.25) is 0 Å². The number of amides is 1. The summed E-state index contributed by atoms with van der Waals surface area (Å²) in [5, 5.41) is 13.5. The molecule has 4 rings (SSSR count). The molecule has 0 atom stereocenters. The predicted octanol–water partition coefficient (Wildman–Crippen LogP) is 5.54. The van der Waals surface area contributed by atoms with Crippen molar-refractivity contribution in [3.05, 3.63) is 102 Å². The summed E-state index contributed by atoms with van der Waals surface area (Å²) in [5.41, 5.74) is 7.68. The van der Waals surface area contributed by atoms with Crippen LogP contribution in [0.25, 0.3) is 23.2 Å². The molecular weight excluding hydrogens is 442 g/mol. The maximum absolute atomic E-state index is 12.4. The van der Waals surface area contributed by atoms with Crippen molar-refractivity contribution in [2.75, 3.05) is 5.75 Å². The molecule has 34 heavy (non-hydrogen) atoms. The molecule has 7 heteroatoms. The van der Waals surface area contributed by atoms with Gasteiger partial charge in [-0.1, -0.05) is 96.2 Å². The van der Waals surface area contributed by atoms with Gasteiger partial charge in [-0.05, 0) is 37.1 Å². The molecule has 0 aliphatic carbocycles. The van der Waals surface area contributed by atoms with Crippen molar-refractivity contribution in [3.63, 3.8) is 0 Å². The highest BCUT2D eigenvalue weighted by Crippen LogP contribution is 2.28. The molecule has 1 amide bonds. The van der Waals surface area contributed by atoms with Crippen LogP contribution in [0.3, 0.4) is 0 Å². The van der Waals surface area contributed by atoms with Crippen LogP contribution >= 0.6 is 11.8 Å². The van der Waals surface area contributed by atoms with Crippen molar-refractivity contribution in [2.24, 2.45) is 5.10 Å². The summed E-state index contributed by atoms with van der Waals surface area (Å²) in [6.45, 7) is 3.99. The second-order valence-corrected chi connectivity index (χ2v) is 8.67. The number of thioether (sulfide) groups is 1. The molecule has 170 valence electrons. The Morgan fingerprint density at radius 2 is 1.65 bits per heavy atom. The molecule has 1 heterocycles. The van der Waals surface area contributed by atoms with Crippen LogP contribution in [0.5, 0.6) is 0 Å². The first-order chi connectivity index (χ1) is 16.6. The normalized spacial score (nSPS) is 11.6. The molecule has 0 radical (unpaired) electrons. The van der Waals surface area contributed by atoms with E-state index < -0.39 is 0 Å². The van der Waals surface area contributed by atoms with E-state index in [1.807, 2.05) is 109 Å². The fourth-order valence-corrected chi connectivity index (χ4v) is 4.03. The topological polar surface area (TPSA) is 72.2 Å². The molecule has 0 fully saturated rings. The third-order valence-corrected chi connectivity index (χ3v) is 5.87. The summed E-state index contributed by atoms with van der Waals surface area (Å²) in [6.07, 6.45) is 3.64. The van der Waals surface area contributed by atoms with E-state index in [0.717, 1.165) is 28.2 Å². The molecule has 6 nitrogen and oxygen atoms in total. The summed E-state index contributed by atoms with van der Waals surface area (Å²) in [5.74, 6) is 0.680. The van der Waals surface area contributed by atoms with Gasteiger partial charge in [-0.3, -0.25) is 9.36 Å². The lowest BCUT2D eigenvalue weighted by Crippen LogP contribution is -2.20. The van der Waals surface area contributed by atoms with Crippen molar-refractivity contribution in [1.29, 1.82) is 0 Å². The Morgan fingerprint density at radius 1 is 0.971 bits per heavy atom. The second-order valence-electron chi connectivity index (χ2n) is 7.72. The highest BCUT2D eigenvalue weighted by atomic mass is 32.2. The Bertz CT molecular complexity index is 1300. The fraction of sp³-hybridized carbons (Fsp3) is 0.111. The average Bonchev–Trinajstić information content (AvgIpc) is 3.28. The number of hydrogen-bond acceptors (Lipinski definition) is 5. The number of nitrogens with one attached hydrogen (secondary N) is 1. The molecule has 0 aliphatic rings. The fourth-order valence-electron chi connectivity index (χ4n) is 3.28. The van der Waals surface area contributed by atoms with Gasteiger partial charge < -0.3 is 0 Å². The molecule has 3 aromatic carbocycles. The van der Waals surface area contributed by atoms with E-state index in [9.17, 15) is 4.79 Å². The Balaban J connectivity index is 1.45. The van der Waals surface area contributed by atoms with Crippen LogP contribution in [0, 0.1) is 6.92 Å². The third-order valence-electron chi connectivity index (χ3n) is 4.94. The Labute approximate surface area is 203 Å². The van der Waals surface area contributed by atoms with Gasteiger partial charge in [-0.25, -0.2) is 5.43 Å². The molecule has 0 saturated carbocycles. The van der Waals surface area contributed by atoms with Crippen LogP contribution in [0.4, 0.5) is 0 Å². The minimum Gasteiger partial charge on any atom is -0.272 e. The van der Waals surface area contributed by atoms with Gasteiger partial charge in [-0.15, -0.1) is 10.2 Å². The van der Waals surface area contributed by atoms with Crippen LogP contribution in [0.2, 0.25) is 0 Å². The van der Waals surface area contributed by atoms with Crippen LogP contribution in [0.15, 0.2) is 101 Å². The Hall–Kier alpha value is -3.97. The van der Waals surface area contributed by atoms with Crippen molar-refractivity contribution >= 4 is 30.0 Å². The number of nitrogens with zero attached hydrogens (tertiary/aromatic N) is 4. The number of aromatic nitrogens is 3. The van der Waals surface area contributed by atoms with Crippen molar-refractivity contribution in [2.45, 2.75) is 19.0 Å². The van der Waals surface area contributed by atoms with E-state index in [2.05, 4.69) is 20.7 Å². The molecule has 0 saturated heterocycles. The lowest BCUT2D eigenvalue weighted by atomic mass is 10.1. The number of rotatable bonds is 8. The predicted molar refractivity (Wildman–Crippen MR) is 139 cm³/mol. The van der Waals surface area contributed by atoms with Crippen LogP contribution in [-0.2, 0) is 4.79 Å². The van der Waals surface area contributed by atoms with Gasteiger partial charge in [0, 0.05) is 11.3 Å². The maximum atomic E-state index is 12.4. The van der Waals surface area contributed by atoms with E-state index in [-0.39, 0.29) is 11.7 Å². The molecule has 0 aliphatic heterocycles. The summed E-state index contributed by atoms with van der Waals surface area (Å²) < 4.78 is 1.97. The number of benzene rings is 3. The Morgan fingerprint density at radius 3 is 2.35 bits per heavy atom. The van der Waals surface area contributed by atoms with Gasteiger partial charge >= 0.3 is 0 Å².